The van der Waals surface area contributed by atoms with Gasteiger partial charge in [0.25, 0.3) is 11.1 Å². The van der Waals surface area contributed by atoms with E-state index in [0.29, 0.717) is 16.9 Å². The maximum absolute atomic E-state index is 12.6. The molecule has 1 aromatic carbocycles. The first-order valence-electron chi connectivity index (χ1n) is 10.4. The normalized spacial score (nSPS) is 13.4. The van der Waals surface area contributed by atoms with Gasteiger partial charge in [-0.1, -0.05) is 53.7 Å². The van der Waals surface area contributed by atoms with Gasteiger partial charge in [0.1, 0.15) is 10.7 Å². The van der Waals surface area contributed by atoms with Crippen molar-refractivity contribution in [1.82, 2.24) is 19.9 Å². The molecular weight excluding hydrogens is 406 g/mol. The summed E-state index contributed by atoms with van der Waals surface area (Å²) in [5.74, 6) is -0.117. The highest BCUT2D eigenvalue weighted by Gasteiger charge is 2.21. The van der Waals surface area contributed by atoms with Crippen LogP contribution >= 0.6 is 0 Å². The minimum atomic E-state index is -0.532. The van der Waals surface area contributed by atoms with Crippen LogP contribution in [0.1, 0.15) is 58.5 Å². The van der Waals surface area contributed by atoms with Gasteiger partial charge in [-0.2, -0.15) is 0 Å². The van der Waals surface area contributed by atoms with Crippen LogP contribution in [0.25, 0.3) is 12.2 Å². The van der Waals surface area contributed by atoms with E-state index < -0.39 is 16.5 Å². The molecule has 8 nitrogen and oxygen atoms in total. The number of nitrogens with one attached hydrogen (secondary N) is 4. The second-order valence-corrected chi connectivity index (χ2v) is 9.77. The molecule has 2 aromatic heterocycles. The van der Waals surface area contributed by atoms with Crippen LogP contribution in [0.3, 0.4) is 0 Å². The Balaban J connectivity index is 2.00. The predicted octanol–water partition coefficient (Wildman–Crippen LogP) is 1.73. The van der Waals surface area contributed by atoms with E-state index in [9.17, 15) is 14.4 Å². The third kappa shape index (κ3) is 5.32. The van der Waals surface area contributed by atoms with Gasteiger partial charge in [-0.3, -0.25) is 14.4 Å². The maximum Gasteiger partial charge on any atom is 0.272 e. The Morgan fingerprint density at radius 1 is 0.969 bits per heavy atom. The summed E-state index contributed by atoms with van der Waals surface area (Å²) in [6.07, 6.45) is 4.68. The van der Waals surface area contributed by atoms with Crippen molar-refractivity contribution in [3.8, 4) is 0 Å². The van der Waals surface area contributed by atoms with Gasteiger partial charge in [0.15, 0.2) is 0 Å². The first-order chi connectivity index (χ1) is 14.8. The number of aromatic nitrogens is 4. The number of aromatic amines is 3. The number of hydrogen-bond acceptors (Lipinski definition) is 4. The van der Waals surface area contributed by atoms with E-state index in [1.807, 2.05) is 41.5 Å². The lowest BCUT2D eigenvalue weighted by atomic mass is 9.90. The molecular formula is C24H29N5O3. The summed E-state index contributed by atoms with van der Waals surface area (Å²) in [6, 6.07) is 7.05. The minimum absolute atomic E-state index is 0.115. The fourth-order valence-electron chi connectivity index (χ4n) is 3.04. The van der Waals surface area contributed by atoms with Gasteiger partial charge in [-0.25, -0.2) is 4.98 Å². The van der Waals surface area contributed by atoms with Crippen LogP contribution in [-0.2, 0) is 10.2 Å². The highest BCUT2D eigenvalue weighted by molar-refractivity contribution is 5.94. The van der Waals surface area contributed by atoms with Crippen LogP contribution in [0.15, 0.2) is 40.2 Å². The zero-order chi connectivity index (χ0) is 23.7. The largest absolute Gasteiger partial charge is 0.348 e. The minimum Gasteiger partial charge on any atom is -0.348 e. The smallest absolute Gasteiger partial charge is 0.272 e. The molecule has 168 valence electrons. The standard InChI is InChI=1S/C24H29N5O3/c1-23(2,3)19-16(25-13-26-19)12-18-21(31)28-17(20(30)29-18)11-14-8-7-9-15(10-14)27-22(32)24(4,5)6/h7-13H,1-6H3,(H,25,26)(H,27,32)(H,28,31)(H,29,30)/b17-11-,18-12-. The third-order valence-corrected chi connectivity index (χ3v) is 4.82. The van der Waals surface area contributed by atoms with Crippen molar-refractivity contribution in [3.05, 3.63) is 78.9 Å². The lowest BCUT2D eigenvalue weighted by Gasteiger charge is -2.17. The molecule has 0 bridgehead atoms. The van der Waals surface area contributed by atoms with Crippen LogP contribution < -0.4 is 27.1 Å². The lowest BCUT2D eigenvalue weighted by Crippen LogP contribution is -2.46. The van der Waals surface area contributed by atoms with Gasteiger partial charge < -0.3 is 20.3 Å². The predicted molar refractivity (Wildman–Crippen MR) is 126 cm³/mol. The molecule has 0 aliphatic heterocycles. The lowest BCUT2D eigenvalue weighted by molar-refractivity contribution is -0.123. The average Bonchev–Trinajstić information content (AvgIpc) is 3.14. The number of rotatable bonds is 3. The van der Waals surface area contributed by atoms with Gasteiger partial charge in [0.2, 0.25) is 5.91 Å². The van der Waals surface area contributed by atoms with Crippen LogP contribution in [0.2, 0.25) is 0 Å². The highest BCUT2D eigenvalue weighted by Crippen LogP contribution is 2.22. The summed E-state index contributed by atoms with van der Waals surface area (Å²) in [5.41, 5.74) is 1.13. The quantitative estimate of drug-likeness (QED) is 0.500. The second-order valence-electron chi connectivity index (χ2n) is 9.77. The molecule has 0 saturated carbocycles. The van der Waals surface area contributed by atoms with Crippen LogP contribution in [0.4, 0.5) is 5.69 Å². The van der Waals surface area contributed by atoms with E-state index in [1.54, 1.807) is 42.7 Å². The number of carbonyl (C=O) groups excluding carboxylic acids is 1. The fourth-order valence-corrected chi connectivity index (χ4v) is 3.04. The third-order valence-electron chi connectivity index (χ3n) is 4.82. The first kappa shape index (κ1) is 23.0. The number of anilines is 1. The Labute approximate surface area is 185 Å². The molecule has 0 spiro atoms. The Morgan fingerprint density at radius 3 is 2.19 bits per heavy atom. The topological polar surface area (TPSA) is 123 Å². The Kier molecular flexibility index (Phi) is 6.07. The SMILES string of the molecule is CC(C)(C)C(=O)Nc1cccc(/C=c2\[nH]c(=O)/c(=C/c3nc[nH]c3C(C)(C)C)[nH]c2=O)c1. The number of imidazole rings is 1. The maximum atomic E-state index is 12.6. The van der Waals surface area contributed by atoms with E-state index in [0.717, 1.165) is 5.69 Å². The van der Waals surface area contributed by atoms with Crippen molar-refractivity contribution in [2.24, 2.45) is 5.41 Å². The number of nitrogens with zero attached hydrogens (tertiary/aromatic N) is 1. The van der Waals surface area contributed by atoms with Gasteiger partial charge in [0, 0.05) is 22.2 Å². The van der Waals surface area contributed by atoms with E-state index in [-0.39, 0.29) is 22.0 Å². The zero-order valence-electron chi connectivity index (χ0n) is 19.2. The molecule has 0 aliphatic rings. The van der Waals surface area contributed by atoms with E-state index in [4.69, 9.17) is 0 Å². The molecule has 0 fully saturated rings. The van der Waals surface area contributed by atoms with Crippen molar-refractivity contribution in [2.75, 3.05) is 5.32 Å². The molecule has 4 N–H and O–H groups in total. The molecule has 8 heteroatoms. The molecule has 2 heterocycles. The monoisotopic (exact) mass is 435 g/mol. The molecule has 1 amide bonds. The van der Waals surface area contributed by atoms with Gasteiger partial charge >= 0.3 is 0 Å². The molecule has 0 atom stereocenters. The molecule has 0 radical (unpaired) electrons. The summed E-state index contributed by atoms with van der Waals surface area (Å²) in [4.78, 5) is 50.1. The number of benzene rings is 1. The number of hydrogen-bond donors (Lipinski definition) is 4. The first-order valence-corrected chi connectivity index (χ1v) is 10.4. The van der Waals surface area contributed by atoms with Crippen molar-refractivity contribution < 1.29 is 4.79 Å². The summed E-state index contributed by atoms with van der Waals surface area (Å²) in [6.45, 7) is 11.6. The van der Waals surface area contributed by atoms with E-state index in [2.05, 4.69) is 25.3 Å². The Bertz CT molecular complexity index is 1380. The Hall–Kier alpha value is -3.68. The molecule has 0 saturated heterocycles. The van der Waals surface area contributed by atoms with Gasteiger partial charge in [0.05, 0.1) is 12.0 Å². The summed E-state index contributed by atoms with van der Waals surface area (Å²) in [5, 5.41) is 3.09. The van der Waals surface area contributed by atoms with Crippen LogP contribution in [0.5, 0.6) is 0 Å². The zero-order valence-corrected chi connectivity index (χ0v) is 19.2. The molecule has 32 heavy (non-hydrogen) atoms. The van der Waals surface area contributed by atoms with Crippen molar-refractivity contribution in [1.29, 1.82) is 0 Å². The van der Waals surface area contributed by atoms with Crippen molar-refractivity contribution in [2.45, 2.75) is 47.0 Å². The molecule has 3 rings (SSSR count). The van der Waals surface area contributed by atoms with Crippen molar-refractivity contribution >= 4 is 23.7 Å². The second kappa shape index (κ2) is 8.45. The van der Waals surface area contributed by atoms with Gasteiger partial charge in [-0.05, 0) is 29.8 Å². The summed E-state index contributed by atoms with van der Waals surface area (Å²) >= 11 is 0. The highest BCUT2D eigenvalue weighted by atomic mass is 16.2. The number of carbonyl (C=O) groups is 1. The summed E-state index contributed by atoms with van der Waals surface area (Å²) < 4.78 is 0. The van der Waals surface area contributed by atoms with E-state index in [1.165, 1.54) is 0 Å². The molecule has 3 aromatic rings. The Morgan fingerprint density at radius 2 is 1.59 bits per heavy atom. The summed E-state index contributed by atoms with van der Waals surface area (Å²) in [7, 11) is 0. The average molecular weight is 436 g/mol. The van der Waals surface area contributed by atoms with Crippen LogP contribution in [-0.4, -0.2) is 25.8 Å². The van der Waals surface area contributed by atoms with Gasteiger partial charge in [-0.15, -0.1) is 0 Å². The number of H-pyrrole nitrogens is 3. The number of amides is 1. The molecule has 0 unspecified atom stereocenters. The van der Waals surface area contributed by atoms with Crippen molar-refractivity contribution in [3.63, 3.8) is 0 Å². The molecule has 0 aliphatic carbocycles. The fraction of sp³-hybridized carbons (Fsp3) is 0.333. The van der Waals surface area contributed by atoms with E-state index >= 15 is 0 Å². The van der Waals surface area contributed by atoms with Crippen LogP contribution in [0, 0.1) is 5.41 Å².